The number of aromatic nitrogens is 2. The molecule has 0 saturated carbocycles. The van der Waals surface area contributed by atoms with Gasteiger partial charge in [-0.3, -0.25) is 4.79 Å². The highest BCUT2D eigenvalue weighted by Crippen LogP contribution is 2.30. The minimum Gasteiger partial charge on any atom is -0.272 e. The Bertz CT molecular complexity index is 1210. The summed E-state index contributed by atoms with van der Waals surface area (Å²) in [5, 5.41) is 14.9. The summed E-state index contributed by atoms with van der Waals surface area (Å²) in [5.74, 6) is 0.925. The lowest BCUT2D eigenvalue weighted by Gasteiger charge is -2.04. The van der Waals surface area contributed by atoms with Crippen LogP contribution in [0.1, 0.15) is 18.1 Å². The third-order valence-corrected chi connectivity index (χ3v) is 7.70. The standard InChI is InChI=1S/C23H20N4OS3/c1-16(19-12-11-18-9-5-6-10-20(18)13-19)24-25-21(28)15-30-23-27-26-22(31-23)29-14-17-7-3-2-4-8-17/h2-13H,14-15H2,1H3,(H,25,28)/b24-16+. The second-order valence-electron chi connectivity index (χ2n) is 6.69. The van der Waals surface area contributed by atoms with Crippen molar-refractivity contribution in [1.29, 1.82) is 0 Å². The molecular weight excluding hydrogens is 444 g/mol. The summed E-state index contributed by atoms with van der Waals surface area (Å²) in [6.45, 7) is 1.89. The number of hydrogen-bond acceptors (Lipinski definition) is 7. The molecule has 8 heteroatoms. The minimum absolute atomic E-state index is 0.168. The van der Waals surface area contributed by atoms with E-state index in [0.29, 0.717) is 0 Å². The van der Waals surface area contributed by atoms with E-state index in [4.69, 9.17) is 0 Å². The van der Waals surface area contributed by atoms with Crippen molar-refractivity contribution in [3.63, 3.8) is 0 Å². The highest BCUT2D eigenvalue weighted by Gasteiger charge is 2.09. The van der Waals surface area contributed by atoms with Crippen LogP contribution in [0.2, 0.25) is 0 Å². The summed E-state index contributed by atoms with van der Waals surface area (Å²) >= 11 is 4.53. The van der Waals surface area contributed by atoms with E-state index in [2.05, 4.69) is 57.1 Å². The summed E-state index contributed by atoms with van der Waals surface area (Å²) in [6, 6.07) is 24.6. The van der Waals surface area contributed by atoms with E-state index in [0.717, 1.165) is 31.1 Å². The van der Waals surface area contributed by atoms with Gasteiger partial charge in [-0.25, -0.2) is 5.43 Å². The maximum Gasteiger partial charge on any atom is 0.250 e. The van der Waals surface area contributed by atoms with Crippen LogP contribution in [0, 0.1) is 0 Å². The van der Waals surface area contributed by atoms with Gasteiger partial charge in [-0.15, -0.1) is 10.2 Å². The van der Waals surface area contributed by atoms with E-state index < -0.39 is 0 Å². The molecule has 1 amide bonds. The molecule has 1 N–H and O–H groups in total. The largest absolute Gasteiger partial charge is 0.272 e. The maximum absolute atomic E-state index is 12.2. The molecule has 1 aromatic heterocycles. The molecule has 0 radical (unpaired) electrons. The van der Waals surface area contributed by atoms with E-state index >= 15 is 0 Å². The molecular formula is C23H20N4OS3. The molecule has 0 saturated heterocycles. The van der Waals surface area contributed by atoms with Crippen LogP contribution in [-0.2, 0) is 10.5 Å². The van der Waals surface area contributed by atoms with Crippen LogP contribution in [0.25, 0.3) is 10.8 Å². The van der Waals surface area contributed by atoms with Crippen molar-refractivity contribution in [2.24, 2.45) is 5.10 Å². The van der Waals surface area contributed by atoms with Crippen LogP contribution < -0.4 is 5.43 Å². The molecule has 4 aromatic rings. The number of hydrazone groups is 1. The summed E-state index contributed by atoms with van der Waals surface area (Å²) in [5.41, 5.74) is 5.62. The Labute approximate surface area is 193 Å². The number of benzene rings is 3. The molecule has 0 bridgehead atoms. The van der Waals surface area contributed by atoms with Gasteiger partial charge >= 0.3 is 0 Å². The van der Waals surface area contributed by atoms with Crippen LogP contribution in [0.5, 0.6) is 0 Å². The first kappa shape index (κ1) is 21.5. The smallest absolute Gasteiger partial charge is 0.250 e. The van der Waals surface area contributed by atoms with Gasteiger partial charge in [0.1, 0.15) is 0 Å². The van der Waals surface area contributed by atoms with Gasteiger partial charge in [-0.1, -0.05) is 102 Å². The van der Waals surface area contributed by atoms with E-state index in [9.17, 15) is 4.79 Å². The number of rotatable bonds is 8. The van der Waals surface area contributed by atoms with Crippen LogP contribution in [0.4, 0.5) is 0 Å². The van der Waals surface area contributed by atoms with Gasteiger partial charge in [0.05, 0.1) is 11.5 Å². The SMILES string of the molecule is C/C(=N\NC(=O)CSc1nnc(SCc2ccccc2)s1)c1ccc2ccccc2c1. The zero-order chi connectivity index (χ0) is 21.5. The second-order valence-corrected chi connectivity index (χ2v) is 10.1. The number of hydrogen-bond donors (Lipinski definition) is 1. The fraction of sp³-hybridized carbons (Fsp3) is 0.130. The van der Waals surface area contributed by atoms with Crippen LogP contribution in [0.15, 0.2) is 86.6 Å². The lowest BCUT2D eigenvalue weighted by Crippen LogP contribution is -2.21. The molecule has 1 heterocycles. The molecule has 0 unspecified atom stereocenters. The Morgan fingerprint density at radius 2 is 1.65 bits per heavy atom. The average Bonchev–Trinajstić information content (AvgIpc) is 3.28. The predicted molar refractivity (Wildman–Crippen MR) is 131 cm³/mol. The molecule has 0 aliphatic rings. The van der Waals surface area contributed by atoms with Gasteiger partial charge in [0, 0.05) is 5.75 Å². The van der Waals surface area contributed by atoms with Crippen molar-refractivity contribution >= 4 is 57.3 Å². The van der Waals surface area contributed by atoms with Crippen LogP contribution in [0.3, 0.4) is 0 Å². The first-order valence-electron chi connectivity index (χ1n) is 9.63. The van der Waals surface area contributed by atoms with E-state index in [1.54, 1.807) is 11.8 Å². The van der Waals surface area contributed by atoms with E-state index in [1.165, 1.54) is 34.0 Å². The first-order chi connectivity index (χ1) is 15.2. The predicted octanol–water partition coefficient (Wildman–Crippen LogP) is 5.62. The third kappa shape index (κ3) is 6.16. The average molecular weight is 465 g/mol. The number of nitrogens with one attached hydrogen (secondary N) is 1. The van der Waals surface area contributed by atoms with E-state index in [1.807, 2.05) is 43.3 Å². The zero-order valence-electron chi connectivity index (χ0n) is 16.8. The highest BCUT2D eigenvalue weighted by atomic mass is 32.2. The number of fused-ring (bicyclic) bond motifs is 1. The molecule has 4 rings (SSSR count). The van der Waals surface area contributed by atoms with Crippen molar-refractivity contribution in [3.05, 3.63) is 83.9 Å². The van der Waals surface area contributed by atoms with Crippen LogP contribution >= 0.6 is 34.9 Å². The lowest BCUT2D eigenvalue weighted by molar-refractivity contribution is -0.118. The Hall–Kier alpha value is -2.68. The summed E-state index contributed by atoms with van der Waals surface area (Å²) < 4.78 is 1.68. The van der Waals surface area contributed by atoms with Crippen LogP contribution in [-0.4, -0.2) is 27.6 Å². The molecule has 156 valence electrons. The van der Waals surface area contributed by atoms with Gasteiger partial charge in [0.25, 0.3) is 5.91 Å². The highest BCUT2D eigenvalue weighted by molar-refractivity contribution is 8.03. The maximum atomic E-state index is 12.2. The van der Waals surface area contributed by atoms with E-state index in [-0.39, 0.29) is 11.7 Å². The molecule has 0 spiro atoms. The molecule has 0 atom stereocenters. The van der Waals surface area contributed by atoms with Crippen molar-refractivity contribution in [2.75, 3.05) is 5.75 Å². The lowest BCUT2D eigenvalue weighted by atomic mass is 10.0. The van der Waals surface area contributed by atoms with Gasteiger partial charge < -0.3 is 0 Å². The third-order valence-electron chi connectivity index (χ3n) is 4.44. The molecule has 0 aliphatic heterocycles. The minimum atomic E-state index is -0.168. The van der Waals surface area contributed by atoms with Crippen molar-refractivity contribution in [3.8, 4) is 0 Å². The first-order valence-corrected chi connectivity index (χ1v) is 12.4. The molecule has 31 heavy (non-hydrogen) atoms. The Morgan fingerprint density at radius 1 is 0.935 bits per heavy atom. The van der Waals surface area contributed by atoms with Crippen molar-refractivity contribution in [2.45, 2.75) is 21.4 Å². The number of carbonyl (C=O) groups excluding carboxylic acids is 1. The Balaban J connectivity index is 1.26. The monoisotopic (exact) mass is 464 g/mol. The normalized spacial score (nSPS) is 11.6. The summed E-state index contributed by atoms with van der Waals surface area (Å²) in [6.07, 6.45) is 0. The topological polar surface area (TPSA) is 67.2 Å². The quantitative estimate of drug-likeness (QED) is 0.208. The fourth-order valence-electron chi connectivity index (χ4n) is 2.82. The number of carbonyl (C=O) groups is 1. The van der Waals surface area contributed by atoms with Gasteiger partial charge in [0.2, 0.25) is 0 Å². The van der Waals surface area contributed by atoms with Gasteiger partial charge in [0.15, 0.2) is 8.68 Å². The van der Waals surface area contributed by atoms with Crippen molar-refractivity contribution in [1.82, 2.24) is 15.6 Å². The van der Waals surface area contributed by atoms with Gasteiger partial charge in [-0.2, -0.15) is 5.10 Å². The summed E-state index contributed by atoms with van der Waals surface area (Å²) in [7, 11) is 0. The second kappa shape index (κ2) is 10.6. The molecule has 3 aromatic carbocycles. The number of thioether (sulfide) groups is 2. The Kier molecular flexibility index (Phi) is 7.35. The molecule has 0 aliphatic carbocycles. The Morgan fingerprint density at radius 3 is 2.45 bits per heavy atom. The van der Waals surface area contributed by atoms with Crippen molar-refractivity contribution < 1.29 is 4.79 Å². The number of nitrogens with zero attached hydrogens (tertiary/aromatic N) is 3. The van der Waals surface area contributed by atoms with Gasteiger partial charge in [-0.05, 0) is 34.9 Å². The molecule has 5 nitrogen and oxygen atoms in total. The number of amides is 1. The molecule has 0 fully saturated rings. The fourth-order valence-corrected chi connectivity index (χ4v) is 5.59. The zero-order valence-corrected chi connectivity index (χ0v) is 19.3. The summed E-state index contributed by atoms with van der Waals surface area (Å²) in [4.78, 5) is 12.2.